The Balaban J connectivity index is 1.81. The third-order valence-corrected chi connectivity index (χ3v) is 4.20. The predicted molar refractivity (Wildman–Crippen MR) is 105 cm³/mol. The zero-order valence-electron chi connectivity index (χ0n) is 13.9. The zero-order chi connectivity index (χ0) is 18.9. The Morgan fingerprint density at radius 3 is 2.46 bits per heavy atom. The second-order valence-electron chi connectivity index (χ2n) is 5.07. The van der Waals surface area contributed by atoms with Gasteiger partial charge in [-0.3, -0.25) is 9.59 Å². The number of esters is 1. The molecule has 0 aromatic heterocycles. The van der Waals surface area contributed by atoms with E-state index < -0.39 is 11.9 Å². The number of hydrogen-bond donors (Lipinski definition) is 2. The molecule has 0 atom stereocenters. The van der Waals surface area contributed by atoms with Crippen LogP contribution >= 0.6 is 22.6 Å². The van der Waals surface area contributed by atoms with Crippen molar-refractivity contribution in [2.24, 2.45) is 5.10 Å². The average Bonchev–Trinajstić information content (AvgIpc) is 2.66. The summed E-state index contributed by atoms with van der Waals surface area (Å²) in [6, 6.07) is 13.6. The van der Waals surface area contributed by atoms with Gasteiger partial charge in [-0.15, -0.1) is 0 Å². The molecule has 0 radical (unpaired) electrons. The van der Waals surface area contributed by atoms with E-state index in [-0.39, 0.29) is 12.5 Å². The number of amides is 2. The van der Waals surface area contributed by atoms with Gasteiger partial charge in [-0.05, 0) is 52.4 Å². The van der Waals surface area contributed by atoms with Crippen LogP contribution < -0.4 is 10.7 Å². The Bertz CT molecular complexity index is 835. The van der Waals surface area contributed by atoms with Crippen molar-refractivity contribution in [3.63, 3.8) is 0 Å². The molecule has 0 heterocycles. The van der Waals surface area contributed by atoms with Crippen LogP contribution in [-0.2, 0) is 9.53 Å². The molecule has 0 unspecified atom stereocenters. The first kappa shape index (κ1) is 19.6. The highest BCUT2D eigenvalue weighted by atomic mass is 127. The highest BCUT2D eigenvalue weighted by Gasteiger charge is 2.10. The number of halogens is 1. The number of rotatable bonds is 6. The summed E-state index contributed by atoms with van der Waals surface area (Å²) in [5.41, 5.74) is 3.95. The summed E-state index contributed by atoms with van der Waals surface area (Å²) >= 11 is 2.06. The number of benzene rings is 2. The van der Waals surface area contributed by atoms with Gasteiger partial charge in [-0.25, -0.2) is 10.2 Å². The lowest BCUT2D eigenvalue weighted by Crippen LogP contribution is -2.35. The summed E-state index contributed by atoms with van der Waals surface area (Å²) in [6.45, 7) is -0.192. The van der Waals surface area contributed by atoms with Gasteiger partial charge in [0, 0.05) is 3.57 Å². The Labute approximate surface area is 164 Å². The monoisotopic (exact) mass is 465 g/mol. The van der Waals surface area contributed by atoms with E-state index in [1.54, 1.807) is 36.4 Å². The molecule has 0 saturated heterocycles. The lowest BCUT2D eigenvalue weighted by molar-refractivity contribution is -0.120. The van der Waals surface area contributed by atoms with Crippen molar-refractivity contribution < 1.29 is 19.1 Å². The second-order valence-corrected chi connectivity index (χ2v) is 6.23. The molecule has 134 valence electrons. The van der Waals surface area contributed by atoms with Gasteiger partial charge >= 0.3 is 5.97 Å². The molecule has 2 amide bonds. The highest BCUT2D eigenvalue weighted by Crippen LogP contribution is 2.10. The average molecular weight is 465 g/mol. The van der Waals surface area contributed by atoms with E-state index >= 15 is 0 Å². The number of ether oxygens (including phenoxy) is 1. The van der Waals surface area contributed by atoms with E-state index in [4.69, 9.17) is 0 Å². The van der Waals surface area contributed by atoms with Gasteiger partial charge in [0.25, 0.3) is 11.8 Å². The van der Waals surface area contributed by atoms with Crippen LogP contribution in [0.2, 0.25) is 0 Å². The Hall–Kier alpha value is -2.75. The van der Waals surface area contributed by atoms with Crippen LogP contribution in [0.3, 0.4) is 0 Å². The van der Waals surface area contributed by atoms with Crippen molar-refractivity contribution in [2.45, 2.75) is 0 Å². The van der Waals surface area contributed by atoms with Crippen LogP contribution in [0, 0.1) is 3.57 Å². The molecule has 2 rings (SSSR count). The molecule has 0 aliphatic rings. The van der Waals surface area contributed by atoms with Gasteiger partial charge in [0.05, 0.1) is 31.0 Å². The maximum absolute atomic E-state index is 12.0. The van der Waals surface area contributed by atoms with E-state index in [9.17, 15) is 14.4 Å². The zero-order valence-corrected chi connectivity index (χ0v) is 16.0. The molecule has 7 nitrogen and oxygen atoms in total. The summed E-state index contributed by atoms with van der Waals surface area (Å²) < 4.78 is 5.41. The van der Waals surface area contributed by atoms with Crippen molar-refractivity contribution in [1.29, 1.82) is 0 Å². The molecule has 2 aromatic carbocycles. The smallest absolute Gasteiger partial charge is 0.337 e. The second kappa shape index (κ2) is 9.66. The molecule has 2 aromatic rings. The molecule has 26 heavy (non-hydrogen) atoms. The summed E-state index contributed by atoms with van der Waals surface area (Å²) in [6.07, 6.45) is 1.43. The minimum absolute atomic E-state index is 0.192. The largest absolute Gasteiger partial charge is 0.465 e. The van der Waals surface area contributed by atoms with Gasteiger partial charge in [-0.2, -0.15) is 5.10 Å². The summed E-state index contributed by atoms with van der Waals surface area (Å²) in [4.78, 5) is 35.1. The molecular formula is C18H16IN3O4. The fourth-order valence-electron chi connectivity index (χ4n) is 1.94. The van der Waals surface area contributed by atoms with Gasteiger partial charge in [-0.1, -0.05) is 24.3 Å². The molecule has 0 bridgehead atoms. The first-order valence-corrected chi connectivity index (χ1v) is 8.62. The molecular weight excluding hydrogens is 449 g/mol. The van der Waals surface area contributed by atoms with Gasteiger partial charge in [0.15, 0.2) is 0 Å². The van der Waals surface area contributed by atoms with Gasteiger partial charge in [0.1, 0.15) is 0 Å². The van der Waals surface area contributed by atoms with Crippen molar-refractivity contribution >= 4 is 46.6 Å². The fourth-order valence-corrected chi connectivity index (χ4v) is 2.57. The third kappa shape index (κ3) is 5.66. The first-order valence-electron chi connectivity index (χ1n) is 7.54. The maximum Gasteiger partial charge on any atom is 0.337 e. The molecule has 0 saturated carbocycles. The minimum atomic E-state index is -0.452. The van der Waals surface area contributed by atoms with E-state index in [0.717, 1.165) is 3.57 Å². The van der Waals surface area contributed by atoms with Crippen LogP contribution in [0.4, 0.5) is 0 Å². The van der Waals surface area contributed by atoms with E-state index in [1.807, 2.05) is 12.1 Å². The third-order valence-electron chi connectivity index (χ3n) is 3.26. The lowest BCUT2D eigenvalue weighted by atomic mass is 10.1. The van der Waals surface area contributed by atoms with Gasteiger partial charge in [0.2, 0.25) is 0 Å². The fraction of sp³-hybridized carbons (Fsp3) is 0.111. The lowest BCUT2D eigenvalue weighted by Gasteiger charge is -2.05. The van der Waals surface area contributed by atoms with Crippen LogP contribution in [0.15, 0.2) is 53.6 Å². The molecule has 0 fully saturated rings. The minimum Gasteiger partial charge on any atom is -0.465 e. The maximum atomic E-state index is 12.0. The highest BCUT2D eigenvalue weighted by molar-refractivity contribution is 14.1. The van der Waals surface area contributed by atoms with Crippen molar-refractivity contribution in [3.8, 4) is 0 Å². The topological polar surface area (TPSA) is 96.9 Å². The normalized spacial score (nSPS) is 10.4. The van der Waals surface area contributed by atoms with Gasteiger partial charge < -0.3 is 10.1 Å². The summed E-state index contributed by atoms with van der Waals surface area (Å²) in [5.74, 6) is -1.20. The number of hydrogen-bond acceptors (Lipinski definition) is 5. The number of nitrogens with one attached hydrogen (secondary N) is 2. The quantitative estimate of drug-likeness (QED) is 0.295. The number of carbonyl (C=O) groups is 3. The van der Waals surface area contributed by atoms with E-state index in [1.165, 1.54) is 13.3 Å². The summed E-state index contributed by atoms with van der Waals surface area (Å²) in [5, 5.41) is 6.34. The standard InChI is InChI=1S/C18H16IN3O4/c1-26-18(25)13-8-6-12(7-9-13)10-21-22-16(23)11-20-17(24)14-4-2-3-5-15(14)19/h2-10H,11H2,1H3,(H,20,24)(H,22,23)/b21-10+. The Morgan fingerprint density at radius 2 is 1.81 bits per heavy atom. The van der Waals surface area contributed by atoms with Crippen LogP contribution in [0.5, 0.6) is 0 Å². The van der Waals surface area contributed by atoms with Crippen LogP contribution in [0.25, 0.3) is 0 Å². The molecule has 0 aliphatic heterocycles. The summed E-state index contributed by atoms with van der Waals surface area (Å²) in [7, 11) is 1.31. The van der Waals surface area contributed by atoms with Crippen molar-refractivity contribution in [1.82, 2.24) is 10.7 Å². The Morgan fingerprint density at radius 1 is 1.12 bits per heavy atom. The number of methoxy groups -OCH3 is 1. The molecule has 0 aliphatic carbocycles. The first-order chi connectivity index (χ1) is 12.5. The number of nitrogens with zero attached hydrogens (tertiary/aromatic N) is 1. The van der Waals surface area contributed by atoms with Crippen molar-refractivity contribution in [2.75, 3.05) is 13.7 Å². The molecule has 2 N–H and O–H groups in total. The Kier molecular flexibility index (Phi) is 7.27. The van der Waals surface area contributed by atoms with E-state index in [0.29, 0.717) is 16.7 Å². The van der Waals surface area contributed by atoms with E-state index in [2.05, 4.69) is 43.2 Å². The predicted octanol–water partition coefficient (Wildman–Crippen LogP) is 1.96. The number of carbonyl (C=O) groups excluding carboxylic acids is 3. The SMILES string of the molecule is COC(=O)c1ccc(/C=N/NC(=O)CNC(=O)c2ccccc2I)cc1. The van der Waals surface area contributed by atoms with Crippen LogP contribution in [0.1, 0.15) is 26.3 Å². The van der Waals surface area contributed by atoms with Crippen LogP contribution in [-0.4, -0.2) is 37.7 Å². The number of hydrazone groups is 1. The molecule has 0 spiro atoms. The molecule has 8 heteroatoms. The van der Waals surface area contributed by atoms with Crippen molar-refractivity contribution in [3.05, 3.63) is 68.8 Å².